The third kappa shape index (κ3) is 2.28. The molecule has 0 spiro atoms. The van der Waals surface area contributed by atoms with Crippen LogP contribution in [-0.4, -0.2) is 25.9 Å². The molecule has 0 aliphatic rings. The predicted octanol–water partition coefficient (Wildman–Crippen LogP) is 6.18. The molecule has 0 radical (unpaired) electrons. The zero-order valence-electron chi connectivity index (χ0n) is 16.4. The zero-order valence-corrected chi connectivity index (χ0v) is 19.6. The molecule has 0 amide bonds. The van der Waals surface area contributed by atoms with Crippen LogP contribution >= 0.6 is 15.9 Å². The lowest BCUT2D eigenvalue weighted by Gasteiger charge is -2.23. The Labute approximate surface area is 195 Å². The summed E-state index contributed by atoms with van der Waals surface area (Å²) in [5.74, 6) is 0. The van der Waals surface area contributed by atoms with Crippen LogP contribution in [0.5, 0.6) is 0 Å². The van der Waals surface area contributed by atoms with Crippen molar-refractivity contribution in [3.63, 3.8) is 0 Å². The van der Waals surface area contributed by atoms with Gasteiger partial charge in [0, 0.05) is 26.0 Å². The van der Waals surface area contributed by atoms with Crippen molar-refractivity contribution in [1.82, 2.24) is 0 Å². The molecule has 7 aromatic carbocycles. The summed E-state index contributed by atoms with van der Waals surface area (Å²) in [5.41, 5.74) is 0. The second-order valence-electron chi connectivity index (χ2n) is 8.29. The lowest BCUT2D eigenvalue weighted by atomic mass is 9.83. The fourth-order valence-corrected chi connectivity index (χ4v) is 8.57. The van der Waals surface area contributed by atoms with Crippen molar-refractivity contribution in [3.05, 3.63) is 59.1 Å². The van der Waals surface area contributed by atoms with Gasteiger partial charge in [0.25, 0.3) is 20.2 Å². The van der Waals surface area contributed by atoms with Gasteiger partial charge in [-0.15, -0.1) is 0 Å². The Bertz CT molecular complexity index is 2180. The highest BCUT2D eigenvalue weighted by Crippen LogP contribution is 2.52. The summed E-state index contributed by atoms with van der Waals surface area (Å²) in [5, 5.41) is 8.18. The molecule has 0 fully saturated rings. The van der Waals surface area contributed by atoms with Crippen molar-refractivity contribution in [2.24, 2.45) is 0 Å². The van der Waals surface area contributed by atoms with Gasteiger partial charge in [0.05, 0.1) is 0 Å². The van der Waals surface area contributed by atoms with Crippen LogP contribution in [0.4, 0.5) is 0 Å². The third-order valence-electron chi connectivity index (χ3n) is 6.65. The van der Waals surface area contributed by atoms with E-state index in [2.05, 4.69) is 15.9 Å². The summed E-state index contributed by atoms with van der Waals surface area (Å²) in [6.45, 7) is 0. The minimum absolute atomic E-state index is 0.0247. The summed E-state index contributed by atoms with van der Waals surface area (Å²) in [6, 6.07) is 16.7. The van der Waals surface area contributed by atoms with Crippen LogP contribution in [0.1, 0.15) is 0 Å². The fraction of sp³-hybridized carbons (Fsp3) is 0. The first-order chi connectivity index (χ1) is 15.6. The van der Waals surface area contributed by atoms with E-state index in [1.165, 1.54) is 6.07 Å². The Balaban J connectivity index is 2.06. The summed E-state index contributed by atoms with van der Waals surface area (Å²) >= 11 is 3.41. The second-order valence-corrected chi connectivity index (χ2v) is 11.9. The number of rotatable bonds is 2. The van der Waals surface area contributed by atoms with Gasteiger partial charge >= 0.3 is 0 Å². The van der Waals surface area contributed by atoms with Crippen LogP contribution in [0.15, 0.2) is 68.9 Å². The van der Waals surface area contributed by atoms with E-state index in [1.807, 2.05) is 36.4 Å². The van der Waals surface area contributed by atoms with E-state index in [0.717, 1.165) is 43.1 Å². The highest BCUT2D eigenvalue weighted by Gasteiger charge is 2.34. The molecule has 0 bridgehead atoms. The van der Waals surface area contributed by atoms with Crippen molar-refractivity contribution < 1.29 is 25.9 Å². The topological polar surface area (TPSA) is 109 Å². The molecule has 0 aromatic heterocycles. The summed E-state index contributed by atoms with van der Waals surface area (Å²) in [6.07, 6.45) is 0. The molecule has 0 unspecified atom stereocenters. The van der Waals surface area contributed by atoms with Crippen LogP contribution < -0.4 is 0 Å². The minimum atomic E-state index is -5.05. The number of hydrogen-bond acceptors (Lipinski definition) is 4. The quantitative estimate of drug-likeness (QED) is 0.154. The summed E-state index contributed by atoms with van der Waals surface area (Å²) in [7, 11) is -10.1. The standard InChI is InChI=1S/C24H11BrO6S2/c25-15-9-13-6-5-11-2-1-10-3-4-12-7-8-14-20-18(12)16(10)17(11)19(13)22(20)21(15)24(33(29,30)31)23(14)32(26,27)28/h1-9H,(H,26,27,28)(H,29,30,31). The van der Waals surface area contributed by atoms with Crippen LogP contribution in [-0.2, 0) is 20.2 Å². The molecular weight excluding hydrogens is 528 g/mol. The smallest absolute Gasteiger partial charge is 0.282 e. The largest absolute Gasteiger partial charge is 0.296 e. The molecule has 0 aliphatic carbocycles. The predicted molar refractivity (Wildman–Crippen MR) is 132 cm³/mol. The van der Waals surface area contributed by atoms with Gasteiger partial charge in [0.1, 0.15) is 9.79 Å². The van der Waals surface area contributed by atoms with E-state index in [0.29, 0.717) is 15.2 Å². The Morgan fingerprint density at radius 3 is 1.45 bits per heavy atom. The first-order valence-corrected chi connectivity index (χ1v) is 13.5. The van der Waals surface area contributed by atoms with E-state index in [4.69, 9.17) is 0 Å². The average molecular weight is 539 g/mol. The van der Waals surface area contributed by atoms with Crippen molar-refractivity contribution in [1.29, 1.82) is 0 Å². The fourth-order valence-electron chi connectivity index (χ4n) is 5.57. The SMILES string of the molecule is O=S(=O)(O)c1c(S(=O)(=O)O)c2c(Br)cc3ccc4ccc5ccc6ccc1c1c6c5c4c3c21. The Morgan fingerprint density at radius 2 is 0.939 bits per heavy atom. The van der Waals surface area contributed by atoms with Crippen LogP contribution in [0.25, 0.3) is 64.6 Å². The van der Waals surface area contributed by atoms with Gasteiger partial charge in [-0.25, -0.2) is 0 Å². The third-order valence-corrected chi connectivity index (χ3v) is 9.26. The highest BCUT2D eigenvalue weighted by molar-refractivity contribution is 9.10. The molecule has 162 valence electrons. The number of benzene rings is 7. The monoisotopic (exact) mass is 538 g/mol. The average Bonchev–Trinajstić information content (AvgIpc) is 2.75. The lowest BCUT2D eigenvalue weighted by Crippen LogP contribution is -2.11. The van der Waals surface area contributed by atoms with Crippen LogP contribution in [0.2, 0.25) is 0 Å². The van der Waals surface area contributed by atoms with Gasteiger partial charge in [0.15, 0.2) is 0 Å². The first kappa shape index (κ1) is 19.6. The maximum Gasteiger partial charge on any atom is 0.296 e. The van der Waals surface area contributed by atoms with E-state index in [-0.39, 0.29) is 10.8 Å². The van der Waals surface area contributed by atoms with Gasteiger partial charge < -0.3 is 0 Å². The molecule has 0 saturated heterocycles. The number of halogens is 1. The molecule has 0 atom stereocenters. The van der Waals surface area contributed by atoms with E-state index in [9.17, 15) is 25.9 Å². The van der Waals surface area contributed by atoms with Gasteiger partial charge in [-0.2, -0.15) is 16.8 Å². The van der Waals surface area contributed by atoms with Crippen molar-refractivity contribution in [2.45, 2.75) is 9.79 Å². The Morgan fingerprint density at radius 1 is 0.515 bits per heavy atom. The molecule has 7 rings (SSSR count). The summed E-state index contributed by atoms with van der Waals surface area (Å²) < 4.78 is 71.0. The van der Waals surface area contributed by atoms with E-state index in [1.54, 1.807) is 12.1 Å². The second kappa shape index (κ2) is 5.81. The normalized spacial score (nSPS) is 13.8. The number of hydrogen-bond donors (Lipinski definition) is 2. The van der Waals surface area contributed by atoms with Crippen LogP contribution in [0.3, 0.4) is 0 Å². The molecule has 0 heterocycles. The van der Waals surface area contributed by atoms with Gasteiger partial charge in [-0.05, 0) is 49.2 Å². The maximum absolute atomic E-state index is 12.6. The van der Waals surface area contributed by atoms with Crippen molar-refractivity contribution >= 4 is 101 Å². The molecule has 2 N–H and O–H groups in total. The van der Waals surface area contributed by atoms with Gasteiger partial charge in [-0.1, -0.05) is 64.5 Å². The molecule has 0 aliphatic heterocycles. The Kier molecular flexibility index (Phi) is 3.45. The van der Waals surface area contributed by atoms with Gasteiger partial charge in [-0.3, -0.25) is 9.11 Å². The summed E-state index contributed by atoms with van der Waals surface area (Å²) in [4.78, 5) is -1.65. The van der Waals surface area contributed by atoms with Gasteiger partial charge in [0.2, 0.25) is 0 Å². The highest BCUT2D eigenvalue weighted by atomic mass is 79.9. The molecule has 6 nitrogen and oxygen atoms in total. The molecule has 7 aromatic rings. The molecule has 33 heavy (non-hydrogen) atoms. The van der Waals surface area contributed by atoms with E-state index < -0.39 is 30.0 Å². The van der Waals surface area contributed by atoms with Crippen LogP contribution in [0, 0.1) is 0 Å². The molecule has 9 heteroatoms. The Hall–Kier alpha value is -2.82. The molecular formula is C24H11BrO6S2. The maximum atomic E-state index is 12.6. The molecule has 0 saturated carbocycles. The van der Waals surface area contributed by atoms with E-state index >= 15 is 0 Å². The first-order valence-electron chi connectivity index (χ1n) is 9.85. The zero-order chi connectivity index (χ0) is 23.0. The minimum Gasteiger partial charge on any atom is -0.282 e. The van der Waals surface area contributed by atoms with Crippen molar-refractivity contribution in [2.75, 3.05) is 0 Å². The van der Waals surface area contributed by atoms with Crippen molar-refractivity contribution in [3.8, 4) is 0 Å². The lowest BCUT2D eigenvalue weighted by molar-refractivity contribution is 0.469.